The van der Waals surface area contributed by atoms with Gasteiger partial charge in [-0.2, -0.15) is 0 Å². The molecule has 1 aliphatic rings. The van der Waals surface area contributed by atoms with Gasteiger partial charge in [0, 0.05) is 0 Å². The van der Waals surface area contributed by atoms with Gasteiger partial charge in [-0.1, -0.05) is 0 Å². The Morgan fingerprint density at radius 3 is 1.89 bits per heavy atom. The maximum atomic E-state index is 12.1. The van der Waals surface area contributed by atoms with Crippen molar-refractivity contribution in [3.63, 3.8) is 0 Å². The smallest absolute Gasteiger partial charge is 0.233 e. The van der Waals surface area contributed by atoms with Gasteiger partial charge in [-0.3, -0.25) is 4.79 Å². The fourth-order valence-corrected chi connectivity index (χ4v) is 0.836. The molecule has 0 aliphatic heterocycles. The Kier molecular flexibility index (Phi) is 1.28. The van der Waals surface area contributed by atoms with Gasteiger partial charge in [0.2, 0.25) is 5.24 Å². The lowest BCUT2D eigenvalue weighted by atomic mass is 10.2. The van der Waals surface area contributed by atoms with Crippen LogP contribution in [-0.4, -0.2) is 17.6 Å². The van der Waals surface area contributed by atoms with Gasteiger partial charge in [0.15, 0.2) is 0 Å². The summed E-state index contributed by atoms with van der Waals surface area (Å²) < 4.78 is 24.2. The number of hydrogen-bond donors (Lipinski definition) is 0. The largest absolute Gasteiger partial charge is 0.280 e. The predicted molar refractivity (Wildman–Crippen MR) is 28.8 cm³/mol. The summed E-state index contributed by atoms with van der Waals surface area (Å²) in [4.78, 5) is 10.2. The summed E-state index contributed by atoms with van der Waals surface area (Å²) in [6, 6.07) is 0. The van der Waals surface area contributed by atoms with Crippen molar-refractivity contribution in [1.29, 1.82) is 0 Å². The zero-order valence-corrected chi connectivity index (χ0v) is 5.45. The van der Waals surface area contributed by atoms with E-state index in [1.54, 1.807) is 0 Å². The third kappa shape index (κ3) is 0.674. The van der Waals surface area contributed by atoms with E-state index in [4.69, 9.17) is 11.6 Å². The molecule has 1 fully saturated rings. The Balaban J connectivity index is 2.71. The molecule has 0 radical (unpaired) electrons. The quantitative estimate of drug-likeness (QED) is 0.523. The van der Waals surface area contributed by atoms with Gasteiger partial charge in [0.05, 0.1) is 0 Å². The topological polar surface area (TPSA) is 17.1 Å². The Labute approximate surface area is 56.0 Å². The van der Waals surface area contributed by atoms with Crippen molar-refractivity contribution < 1.29 is 13.6 Å². The van der Waals surface area contributed by atoms with Crippen molar-refractivity contribution in [3.8, 4) is 0 Å². The third-order valence-corrected chi connectivity index (χ3v) is 2.12. The molecule has 0 saturated heterocycles. The Hall–Kier alpha value is -0.180. The predicted octanol–water partition coefficient (Wildman–Crippen LogP) is 1.45. The highest BCUT2D eigenvalue weighted by atomic mass is 35.5. The van der Waals surface area contributed by atoms with E-state index in [2.05, 4.69) is 0 Å². The number of hydrogen-bond acceptors (Lipinski definition) is 1. The van der Waals surface area contributed by atoms with Crippen molar-refractivity contribution in [2.75, 3.05) is 0 Å². The van der Waals surface area contributed by atoms with E-state index in [0.29, 0.717) is 0 Å². The number of alkyl halides is 2. The first kappa shape index (κ1) is 6.93. The molecule has 0 aromatic rings. The molecule has 1 aliphatic carbocycles. The molecule has 1 saturated carbocycles. The maximum absolute atomic E-state index is 12.1. The summed E-state index contributed by atoms with van der Waals surface area (Å²) in [5, 5.41) is -0.928. The zero-order chi connectivity index (χ0) is 7.23. The van der Waals surface area contributed by atoms with Crippen LogP contribution in [-0.2, 0) is 4.79 Å². The van der Waals surface area contributed by atoms with Crippen LogP contribution in [0.25, 0.3) is 0 Å². The number of carbonyl (C=O) groups excluding carboxylic acids is 1. The highest BCUT2D eigenvalue weighted by Gasteiger charge is 2.68. The van der Waals surface area contributed by atoms with Crippen LogP contribution >= 0.6 is 11.6 Å². The molecular formula is C5H5ClF2O. The number of halogens is 3. The van der Waals surface area contributed by atoms with Crippen LogP contribution in [0.3, 0.4) is 0 Å². The van der Waals surface area contributed by atoms with Crippen molar-refractivity contribution in [2.45, 2.75) is 19.3 Å². The van der Waals surface area contributed by atoms with Gasteiger partial charge in [-0.15, -0.1) is 0 Å². The monoisotopic (exact) mass is 154 g/mol. The molecule has 0 N–H and O–H groups in total. The molecule has 2 atom stereocenters. The summed E-state index contributed by atoms with van der Waals surface area (Å²) in [5.74, 6) is 0. The minimum Gasteiger partial charge on any atom is -0.280 e. The van der Waals surface area contributed by atoms with Gasteiger partial charge < -0.3 is 0 Å². The SMILES string of the molecule is CC1(C(=O)Cl)C(F)C1F. The highest BCUT2D eigenvalue weighted by Crippen LogP contribution is 2.52. The van der Waals surface area contributed by atoms with Gasteiger partial charge >= 0.3 is 0 Å². The first-order valence-electron chi connectivity index (χ1n) is 2.49. The summed E-state index contributed by atoms with van der Waals surface area (Å²) in [5.41, 5.74) is -1.54. The fourth-order valence-electron chi connectivity index (χ4n) is 0.627. The molecule has 9 heavy (non-hydrogen) atoms. The molecule has 0 aromatic heterocycles. The molecule has 52 valence electrons. The molecule has 0 bridgehead atoms. The Morgan fingerprint density at radius 2 is 1.89 bits per heavy atom. The second kappa shape index (κ2) is 1.66. The van der Waals surface area contributed by atoms with E-state index < -0.39 is 23.0 Å². The fraction of sp³-hybridized carbons (Fsp3) is 0.800. The van der Waals surface area contributed by atoms with Crippen LogP contribution in [0.4, 0.5) is 8.78 Å². The second-order valence-corrected chi connectivity index (χ2v) is 2.70. The van der Waals surface area contributed by atoms with Crippen molar-refractivity contribution in [3.05, 3.63) is 0 Å². The molecule has 4 heteroatoms. The van der Waals surface area contributed by atoms with Crippen LogP contribution in [0, 0.1) is 5.41 Å². The molecular weight excluding hydrogens is 150 g/mol. The van der Waals surface area contributed by atoms with Gasteiger partial charge in [0.25, 0.3) is 0 Å². The van der Waals surface area contributed by atoms with Crippen LogP contribution < -0.4 is 0 Å². The van der Waals surface area contributed by atoms with Crippen molar-refractivity contribution >= 4 is 16.8 Å². The zero-order valence-electron chi connectivity index (χ0n) is 4.70. The molecule has 0 amide bonds. The standard InChI is InChI=1S/C5H5ClF2O/c1-5(4(6)9)2(7)3(5)8/h2-3H,1H3. The summed E-state index contributed by atoms with van der Waals surface area (Å²) in [6.45, 7) is 1.18. The van der Waals surface area contributed by atoms with Crippen LogP contribution in [0.1, 0.15) is 6.92 Å². The summed E-state index contributed by atoms with van der Waals surface area (Å²) in [6.07, 6.45) is -3.38. The average molecular weight is 155 g/mol. The third-order valence-electron chi connectivity index (χ3n) is 1.72. The maximum Gasteiger partial charge on any atom is 0.233 e. The van der Waals surface area contributed by atoms with Gasteiger partial charge in [-0.05, 0) is 18.5 Å². The van der Waals surface area contributed by atoms with E-state index in [-0.39, 0.29) is 0 Å². The lowest BCUT2D eigenvalue weighted by molar-refractivity contribution is -0.116. The molecule has 0 heterocycles. The van der Waals surface area contributed by atoms with E-state index in [9.17, 15) is 13.6 Å². The average Bonchev–Trinajstić information content (AvgIpc) is 2.22. The van der Waals surface area contributed by atoms with Crippen LogP contribution in [0.15, 0.2) is 0 Å². The first-order chi connectivity index (χ1) is 4.01. The van der Waals surface area contributed by atoms with E-state index in [1.807, 2.05) is 0 Å². The lowest BCUT2D eigenvalue weighted by Crippen LogP contribution is -2.09. The number of carbonyl (C=O) groups is 1. The van der Waals surface area contributed by atoms with Crippen LogP contribution in [0.2, 0.25) is 0 Å². The number of rotatable bonds is 1. The minimum atomic E-state index is -1.69. The molecule has 1 rings (SSSR count). The Bertz CT molecular complexity index is 151. The first-order valence-corrected chi connectivity index (χ1v) is 2.87. The van der Waals surface area contributed by atoms with Gasteiger partial charge in [0.1, 0.15) is 17.8 Å². The van der Waals surface area contributed by atoms with E-state index >= 15 is 0 Å². The molecule has 0 aromatic carbocycles. The highest BCUT2D eigenvalue weighted by molar-refractivity contribution is 6.65. The van der Waals surface area contributed by atoms with Crippen LogP contribution in [0.5, 0.6) is 0 Å². The van der Waals surface area contributed by atoms with E-state index in [0.717, 1.165) is 0 Å². The van der Waals surface area contributed by atoms with Crippen molar-refractivity contribution in [1.82, 2.24) is 0 Å². The summed E-state index contributed by atoms with van der Waals surface area (Å²) in [7, 11) is 0. The second-order valence-electron chi connectivity index (χ2n) is 2.36. The minimum absolute atomic E-state index is 0.928. The lowest BCUT2D eigenvalue weighted by Gasteiger charge is -1.95. The normalized spacial score (nSPS) is 48.9. The summed E-state index contributed by atoms with van der Waals surface area (Å²) >= 11 is 4.89. The van der Waals surface area contributed by atoms with Gasteiger partial charge in [-0.25, -0.2) is 8.78 Å². The molecule has 2 unspecified atom stereocenters. The molecule has 0 spiro atoms. The van der Waals surface area contributed by atoms with Crippen molar-refractivity contribution in [2.24, 2.45) is 5.41 Å². The Morgan fingerprint density at radius 1 is 1.56 bits per heavy atom. The molecule has 1 nitrogen and oxygen atoms in total. The van der Waals surface area contributed by atoms with E-state index in [1.165, 1.54) is 6.92 Å².